The zero-order chi connectivity index (χ0) is 10.6. The fourth-order valence-corrected chi connectivity index (χ4v) is 2.11. The molecule has 0 bridgehead atoms. The number of aliphatic hydroxyl groups is 1. The van der Waals surface area contributed by atoms with Crippen molar-refractivity contribution >= 4 is 15.1 Å². The van der Waals surface area contributed by atoms with Crippen LogP contribution in [0, 0.1) is 5.92 Å². The van der Waals surface area contributed by atoms with Crippen LogP contribution in [-0.2, 0) is 0 Å². The summed E-state index contributed by atoms with van der Waals surface area (Å²) in [6.45, 7) is 8.45. The van der Waals surface area contributed by atoms with Crippen molar-refractivity contribution in [1.29, 1.82) is 0 Å². The van der Waals surface area contributed by atoms with Crippen molar-refractivity contribution in [1.82, 2.24) is 5.32 Å². The molecule has 0 aliphatic heterocycles. The standard InChI is InChI=1S/C9H20B2NO/c1-6(2)7(12-5)9(3,4)11-8(10)13/h6-8,12-13H,1-5H3/t7-,8?/m0/s1. The Morgan fingerprint density at radius 2 is 1.85 bits per heavy atom. The molecule has 0 aliphatic rings. The van der Waals surface area contributed by atoms with Crippen molar-refractivity contribution in [2.45, 2.75) is 45.0 Å². The van der Waals surface area contributed by atoms with E-state index in [-0.39, 0.29) is 5.31 Å². The van der Waals surface area contributed by atoms with Crippen LogP contribution in [0.2, 0.25) is 5.31 Å². The number of hydrogen-bond acceptors (Lipinski definition) is 2. The van der Waals surface area contributed by atoms with Gasteiger partial charge in [0, 0.05) is 6.04 Å². The van der Waals surface area contributed by atoms with Gasteiger partial charge in [0.2, 0.25) is 0 Å². The van der Waals surface area contributed by atoms with Gasteiger partial charge in [0.05, 0.1) is 7.85 Å². The molecule has 2 nitrogen and oxygen atoms in total. The maximum Gasteiger partial charge on any atom is 0.145 e. The second-order valence-corrected chi connectivity index (χ2v) is 4.49. The van der Waals surface area contributed by atoms with E-state index in [2.05, 4.69) is 33.0 Å². The van der Waals surface area contributed by atoms with Crippen molar-refractivity contribution < 1.29 is 5.11 Å². The molecule has 13 heavy (non-hydrogen) atoms. The Hall–Kier alpha value is 0.0499. The van der Waals surface area contributed by atoms with Crippen molar-refractivity contribution in [2.24, 2.45) is 5.92 Å². The lowest BCUT2D eigenvalue weighted by Crippen LogP contribution is -2.45. The zero-order valence-corrected chi connectivity index (χ0v) is 9.33. The molecule has 0 aliphatic carbocycles. The second-order valence-electron chi connectivity index (χ2n) is 4.49. The third-order valence-corrected chi connectivity index (χ3v) is 2.38. The van der Waals surface area contributed by atoms with E-state index in [1.807, 2.05) is 7.05 Å². The molecule has 73 valence electrons. The van der Waals surface area contributed by atoms with Gasteiger partial charge in [-0.1, -0.05) is 27.7 Å². The minimum Gasteiger partial charge on any atom is -0.411 e. The van der Waals surface area contributed by atoms with E-state index >= 15 is 0 Å². The summed E-state index contributed by atoms with van der Waals surface area (Å²) in [6.07, 6.45) is 0. The fraction of sp³-hybridized carbons (Fsp3) is 1.00. The highest BCUT2D eigenvalue weighted by Crippen LogP contribution is 2.32. The molecule has 0 amide bonds. The first-order valence-corrected chi connectivity index (χ1v) is 4.78. The Kier molecular flexibility index (Phi) is 5.08. The van der Waals surface area contributed by atoms with Gasteiger partial charge < -0.3 is 10.4 Å². The largest absolute Gasteiger partial charge is 0.411 e. The van der Waals surface area contributed by atoms with Crippen molar-refractivity contribution in [3.05, 3.63) is 0 Å². The maximum absolute atomic E-state index is 9.11. The normalized spacial score (nSPS) is 17.2. The highest BCUT2D eigenvalue weighted by Gasteiger charge is 2.32. The molecule has 0 heterocycles. The van der Waals surface area contributed by atoms with Crippen LogP contribution in [0.1, 0.15) is 27.7 Å². The van der Waals surface area contributed by atoms with Crippen molar-refractivity contribution in [3.8, 4) is 0 Å². The van der Waals surface area contributed by atoms with Gasteiger partial charge in [-0.2, -0.15) is 0 Å². The van der Waals surface area contributed by atoms with Crippen LogP contribution in [0.25, 0.3) is 0 Å². The molecule has 2 atom stereocenters. The Morgan fingerprint density at radius 1 is 1.38 bits per heavy atom. The number of aliphatic hydroxyl groups excluding tert-OH is 1. The van der Waals surface area contributed by atoms with Gasteiger partial charge in [-0.15, -0.1) is 0 Å². The van der Waals surface area contributed by atoms with Crippen LogP contribution < -0.4 is 5.32 Å². The number of nitrogens with one attached hydrogen (secondary N) is 1. The summed E-state index contributed by atoms with van der Waals surface area (Å²) < 4.78 is 0. The lowest BCUT2D eigenvalue weighted by atomic mass is 9.43. The second kappa shape index (κ2) is 5.06. The van der Waals surface area contributed by atoms with E-state index in [0.29, 0.717) is 12.0 Å². The quantitative estimate of drug-likeness (QED) is 0.606. The van der Waals surface area contributed by atoms with Crippen molar-refractivity contribution in [3.63, 3.8) is 0 Å². The molecule has 0 saturated carbocycles. The van der Waals surface area contributed by atoms with E-state index < -0.39 is 5.90 Å². The van der Waals surface area contributed by atoms with Crippen LogP contribution >= 0.6 is 0 Å². The monoisotopic (exact) mass is 180 g/mol. The predicted molar refractivity (Wildman–Crippen MR) is 59.2 cm³/mol. The highest BCUT2D eigenvalue weighted by atomic mass is 16.3. The Balaban J connectivity index is 4.37. The molecule has 0 aromatic heterocycles. The summed E-state index contributed by atoms with van der Waals surface area (Å²) in [5, 5.41) is 12.3. The SMILES string of the molecule is [B]C(O)[B]C(C)(C)[C@@H](NC)C(C)C. The summed E-state index contributed by atoms with van der Waals surface area (Å²) >= 11 is 0. The van der Waals surface area contributed by atoms with Crippen LogP contribution in [0.5, 0.6) is 0 Å². The molecule has 0 rings (SSSR count). The Bertz CT molecular complexity index is 149. The predicted octanol–water partition coefficient (Wildman–Crippen LogP) is 0.577. The van der Waals surface area contributed by atoms with Gasteiger partial charge in [-0.3, -0.25) is 0 Å². The molecule has 0 aromatic rings. The van der Waals surface area contributed by atoms with E-state index in [4.69, 9.17) is 13.0 Å². The molecule has 2 N–H and O–H groups in total. The van der Waals surface area contributed by atoms with E-state index in [9.17, 15) is 0 Å². The molecule has 0 fully saturated rings. The molecule has 3 radical (unpaired) electrons. The lowest BCUT2D eigenvalue weighted by Gasteiger charge is -2.37. The highest BCUT2D eigenvalue weighted by molar-refractivity contribution is 6.52. The average molecular weight is 180 g/mol. The van der Waals surface area contributed by atoms with Gasteiger partial charge >= 0.3 is 0 Å². The summed E-state index contributed by atoms with van der Waals surface area (Å²) in [5.41, 5.74) is 0. The topological polar surface area (TPSA) is 32.3 Å². The minimum absolute atomic E-state index is 0.100. The zero-order valence-electron chi connectivity index (χ0n) is 9.33. The first kappa shape index (κ1) is 13.0. The molecule has 1 unspecified atom stereocenters. The van der Waals surface area contributed by atoms with Crippen LogP contribution in [0.4, 0.5) is 0 Å². The molecule has 0 spiro atoms. The van der Waals surface area contributed by atoms with Crippen molar-refractivity contribution in [2.75, 3.05) is 7.05 Å². The van der Waals surface area contributed by atoms with Gasteiger partial charge in [0.1, 0.15) is 7.28 Å². The first-order valence-electron chi connectivity index (χ1n) is 4.78. The van der Waals surface area contributed by atoms with Gasteiger partial charge in [0.15, 0.2) is 0 Å². The molecule has 0 saturated heterocycles. The third-order valence-electron chi connectivity index (χ3n) is 2.38. The van der Waals surface area contributed by atoms with Crippen LogP contribution in [0.15, 0.2) is 0 Å². The molecule has 4 heteroatoms. The average Bonchev–Trinajstić information content (AvgIpc) is 1.82. The fourth-order valence-electron chi connectivity index (χ4n) is 2.11. The smallest absolute Gasteiger partial charge is 0.145 e. The van der Waals surface area contributed by atoms with E-state index in [1.54, 1.807) is 7.28 Å². The third kappa shape index (κ3) is 4.19. The Morgan fingerprint density at radius 3 is 2.08 bits per heavy atom. The number of hydrogen-bond donors (Lipinski definition) is 2. The van der Waals surface area contributed by atoms with Gasteiger partial charge in [0.25, 0.3) is 0 Å². The Labute approximate surface area is 84.1 Å². The molecular weight excluding hydrogens is 160 g/mol. The molecule has 0 aromatic carbocycles. The molecular formula is C9H20B2NO. The van der Waals surface area contributed by atoms with E-state index in [0.717, 1.165) is 0 Å². The summed E-state index contributed by atoms with van der Waals surface area (Å²) in [4.78, 5) is 0. The summed E-state index contributed by atoms with van der Waals surface area (Å²) in [7, 11) is 9.05. The lowest BCUT2D eigenvalue weighted by molar-refractivity contribution is 0.302. The number of rotatable bonds is 5. The van der Waals surface area contributed by atoms with E-state index in [1.165, 1.54) is 0 Å². The van der Waals surface area contributed by atoms with Crippen LogP contribution in [0.3, 0.4) is 0 Å². The minimum atomic E-state index is -0.843. The van der Waals surface area contributed by atoms with Crippen LogP contribution in [-0.4, -0.2) is 39.2 Å². The maximum atomic E-state index is 9.11. The first-order chi connectivity index (χ1) is 5.81. The summed E-state index contributed by atoms with van der Waals surface area (Å²) in [6, 6.07) is 0.325. The van der Waals surface area contributed by atoms with Gasteiger partial charge in [-0.25, -0.2) is 0 Å². The van der Waals surface area contributed by atoms with Gasteiger partial charge in [-0.05, 0) is 24.2 Å². The summed E-state index contributed by atoms with van der Waals surface area (Å²) in [5.74, 6) is -0.334.